The Morgan fingerprint density at radius 3 is 2.72 bits per heavy atom. The quantitative estimate of drug-likeness (QED) is 0.825. The Morgan fingerprint density at radius 1 is 1.50 bits per heavy atom. The van der Waals surface area contributed by atoms with E-state index in [-0.39, 0.29) is 12.3 Å². The molecule has 1 aromatic rings. The molecule has 1 fully saturated rings. The number of aromatic nitrogens is 1. The summed E-state index contributed by atoms with van der Waals surface area (Å²) in [6.07, 6.45) is 3.19. The molecular weight excluding hydrogens is 256 g/mol. The van der Waals surface area contributed by atoms with Gasteiger partial charge in [-0.15, -0.1) is 0 Å². The topological polar surface area (TPSA) is 92.4 Å². The van der Waals surface area contributed by atoms with Gasteiger partial charge in [0.15, 0.2) is 0 Å². The minimum atomic E-state index is -3.48. The maximum Gasteiger partial charge on any atom is 0.217 e. The minimum absolute atomic E-state index is 0.0756. The van der Waals surface area contributed by atoms with Gasteiger partial charge in [-0.25, -0.2) is 13.1 Å². The number of aryl methyl sites for hydroxylation is 1. The molecule has 0 spiro atoms. The first-order valence-electron chi connectivity index (χ1n) is 6.01. The van der Waals surface area contributed by atoms with Crippen LogP contribution in [0.15, 0.2) is 10.6 Å². The first kappa shape index (κ1) is 13.5. The van der Waals surface area contributed by atoms with E-state index in [0.717, 1.165) is 12.8 Å². The normalized spacial score (nSPS) is 19.2. The van der Waals surface area contributed by atoms with Crippen LogP contribution in [0.25, 0.3) is 0 Å². The maximum atomic E-state index is 11.8. The summed E-state index contributed by atoms with van der Waals surface area (Å²) in [6.45, 7) is 1.78. The molecule has 7 heteroatoms. The van der Waals surface area contributed by atoms with Crippen LogP contribution in [0, 0.1) is 6.92 Å². The lowest BCUT2D eigenvalue weighted by Crippen LogP contribution is -2.41. The van der Waals surface area contributed by atoms with Crippen LogP contribution < -0.4 is 4.72 Å². The van der Waals surface area contributed by atoms with Crippen LogP contribution in [0.4, 0.5) is 0 Å². The SMILES string of the molecule is Cc1cc(CS(=O)(=O)NCC2(O)CCCC2)no1. The van der Waals surface area contributed by atoms with Crippen LogP contribution in [0.2, 0.25) is 0 Å². The predicted octanol–water partition coefficient (Wildman–Crippen LogP) is 0.708. The number of rotatable bonds is 5. The molecule has 0 saturated heterocycles. The van der Waals surface area contributed by atoms with E-state index < -0.39 is 15.6 Å². The highest BCUT2D eigenvalue weighted by Crippen LogP contribution is 2.28. The molecule has 0 bridgehead atoms. The zero-order chi connectivity index (χ0) is 13.2. The highest BCUT2D eigenvalue weighted by atomic mass is 32.2. The lowest BCUT2D eigenvalue weighted by molar-refractivity contribution is 0.0531. The van der Waals surface area contributed by atoms with E-state index in [2.05, 4.69) is 9.88 Å². The second-order valence-corrected chi connectivity index (χ2v) is 6.75. The first-order chi connectivity index (χ1) is 8.39. The Bertz CT molecular complexity index is 503. The van der Waals surface area contributed by atoms with Crippen LogP contribution in [0.1, 0.15) is 37.1 Å². The van der Waals surface area contributed by atoms with Crippen molar-refractivity contribution < 1.29 is 18.0 Å². The first-order valence-corrected chi connectivity index (χ1v) is 7.66. The van der Waals surface area contributed by atoms with Crippen LogP contribution in [0.3, 0.4) is 0 Å². The Hall–Kier alpha value is -0.920. The molecule has 0 aromatic carbocycles. The van der Waals surface area contributed by atoms with Gasteiger partial charge in [0, 0.05) is 12.6 Å². The van der Waals surface area contributed by atoms with Gasteiger partial charge in [0.2, 0.25) is 10.0 Å². The van der Waals surface area contributed by atoms with E-state index in [1.165, 1.54) is 0 Å². The molecule has 1 aromatic heterocycles. The molecule has 0 atom stereocenters. The largest absolute Gasteiger partial charge is 0.389 e. The van der Waals surface area contributed by atoms with Crippen LogP contribution in [-0.2, 0) is 15.8 Å². The Labute approximate surface area is 106 Å². The number of nitrogens with one attached hydrogen (secondary N) is 1. The molecular formula is C11H18N2O4S. The lowest BCUT2D eigenvalue weighted by Gasteiger charge is -2.22. The molecule has 0 radical (unpaired) electrons. The van der Waals surface area contributed by atoms with Crippen LogP contribution in [0.5, 0.6) is 0 Å². The molecule has 18 heavy (non-hydrogen) atoms. The lowest BCUT2D eigenvalue weighted by atomic mass is 10.0. The number of sulfonamides is 1. The second kappa shape index (κ2) is 4.99. The van der Waals surface area contributed by atoms with Crippen molar-refractivity contribution in [2.24, 2.45) is 0 Å². The van der Waals surface area contributed by atoms with Crippen molar-refractivity contribution in [3.63, 3.8) is 0 Å². The van der Waals surface area contributed by atoms with Gasteiger partial charge >= 0.3 is 0 Å². The van der Waals surface area contributed by atoms with Gasteiger partial charge in [-0.3, -0.25) is 0 Å². The van der Waals surface area contributed by atoms with Crippen molar-refractivity contribution in [2.75, 3.05) is 6.54 Å². The summed E-state index contributed by atoms with van der Waals surface area (Å²) < 4.78 is 30.9. The summed E-state index contributed by atoms with van der Waals surface area (Å²) in [4.78, 5) is 0. The number of nitrogens with zero attached hydrogens (tertiary/aromatic N) is 1. The molecule has 0 amide bonds. The fraction of sp³-hybridized carbons (Fsp3) is 0.727. The predicted molar refractivity (Wildman–Crippen MR) is 65.3 cm³/mol. The van der Waals surface area contributed by atoms with E-state index in [4.69, 9.17) is 4.52 Å². The molecule has 6 nitrogen and oxygen atoms in total. The van der Waals surface area contributed by atoms with E-state index in [0.29, 0.717) is 24.3 Å². The zero-order valence-corrected chi connectivity index (χ0v) is 11.2. The molecule has 0 aliphatic heterocycles. The highest BCUT2D eigenvalue weighted by Gasteiger charge is 2.32. The summed E-state index contributed by atoms with van der Waals surface area (Å²) in [5, 5.41) is 13.7. The number of hydrogen-bond donors (Lipinski definition) is 2. The van der Waals surface area contributed by atoms with Crippen LogP contribution >= 0.6 is 0 Å². The number of aliphatic hydroxyl groups is 1. The Kier molecular flexibility index (Phi) is 3.74. The summed E-state index contributed by atoms with van der Waals surface area (Å²) in [5.74, 6) is 0.357. The molecule has 2 rings (SSSR count). The van der Waals surface area contributed by atoms with Crippen molar-refractivity contribution in [2.45, 2.75) is 44.0 Å². The third-order valence-electron chi connectivity index (χ3n) is 3.17. The average Bonchev–Trinajstić information content (AvgIpc) is 2.86. The maximum absolute atomic E-state index is 11.8. The molecule has 0 unspecified atom stereocenters. The standard InChI is InChI=1S/C11H18N2O4S/c1-9-6-10(13-17-9)7-18(15,16)12-8-11(14)4-2-3-5-11/h6,12,14H,2-5,7-8H2,1H3. The second-order valence-electron chi connectivity index (χ2n) is 4.94. The summed E-state index contributed by atoms with van der Waals surface area (Å²) in [5.41, 5.74) is -0.509. The summed E-state index contributed by atoms with van der Waals surface area (Å²) >= 11 is 0. The molecule has 1 aliphatic rings. The molecule has 1 saturated carbocycles. The monoisotopic (exact) mass is 274 g/mol. The Balaban J connectivity index is 1.91. The van der Waals surface area contributed by atoms with Gasteiger partial charge in [0.05, 0.1) is 5.60 Å². The molecule has 1 aliphatic carbocycles. The number of hydrogen-bond acceptors (Lipinski definition) is 5. The molecule has 1 heterocycles. The fourth-order valence-electron chi connectivity index (χ4n) is 2.19. The summed E-state index contributed by atoms with van der Waals surface area (Å²) in [7, 11) is -3.48. The minimum Gasteiger partial charge on any atom is -0.389 e. The van der Waals surface area contributed by atoms with Gasteiger partial charge in [0.25, 0.3) is 0 Å². The van der Waals surface area contributed by atoms with Crippen LogP contribution in [-0.4, -0.2) is 30.8 Å². The van der Waals surface area contributed by atoms with Crippen molar-refractivity contribution in [1.82, 2.24) is 9.88 Å². The smallest absolute Gasteiger partial charge is 0.217 e. The van der Waals surface area contributed by atoms with E-state index >= 15 is 0 Å². The highest BCUT2D eigenvalue weighted by molar-refractivity contribution is 7.88. The summed E-state index contributed by atoms with van der Waals surface area (Å²) in [6, 6.07) is 1.59. The third-order valence-corrected chi connectivity index (χ3v) is 4.43. The van der Waals surface area contributed by atoms with Gasteiger partial charge in [-0.1, -0.05) is 18.0 Å². The van der Waals surface area contributed by atoms with Crippen molar-refractivity contribution in [1.29, 1.82) is 0 Å². The van der Waals surface area contributed by atoms with Crippen molar-refractivity contribution in [3.05, 3.63) is 17.5 Å². The van der Waals surface area contributed by atoms with Gasteiger partial charge in [0.1, 0.15) is 17.2 Å². The molecule has 2 N–H and O–H groups in total. The third kappa shape index (κ3) is 3.54. The van der Waals surface area contributed by atoms with Crippen molar-refractivity contribution >= 4 is 10.0 Å². The van der Waals surface area contributed by atoms with Gasteiger partial charge in [-0.05, 0) is 19.8 Å². The molecule has 102 valence electrons. The Morgan fingerprint density at radius 2 is 2.17 bits per heavy atom. The fourth-order valence-corrected chi connectivity index (χ4v) is 3.30. The van der Waals surface area contributed by atoms with Crippen molar-refractivity contribution in [3.8, 4) is 0 Å². The zero-order valence-electron chi connectivity index (χ0n) is 10.3. The van der Waals surface area contributed by atoms with Gasteiger partial charge < -0.3 is 9.63 Å². The van der Waals surface area contributed by atoms with E-state index in [9.17, 15) is 13.5 Å². The van der Waals surface area contributed by atoms with E-state index in [1.54, 1.807) is 13.0 Å². The van der Waals surface area contributed by atoms with E-state index in [1.807, 2.05) is 0 Å². The average molecular weight is 274 g/mol. The van der Waals surface area contributed by atoms with Gasteiger partial charge in [-0.2, -0.15) is 0 Å².